The molecule has 1 amide bonds. The van der Waals surface area contributed by atoms with Crippen molar-refractivity contribution in [3.05, 3.63) is 65.2 Å². The summed E-state index contributed by atoms with van der Waals surface area (Å²) in [6.07, 6.45) is -4.59. The molecule has 30 heavy (non-hydrogen) atoms. The minimum Gasteiger partial charge on any atom is -0.340 e. The molecule has 0 atom stereocenters. The second-order valence-electron chi connectivity index (χ2n) is 6.73. The summed E-state index contributed by atoms with van der Waals surface area (Å²) in [5.41, 5.74) is -0.415. The van der Waals surface area contributed by atoms with Gasteiger partial charge in [-0.1, -0.05) is 12.1 Å². The van der Waals surface area contributed by atoms with Crippen LogP contribution in [0.1, 0.15) is 11.1 Å². The summed E-state index contributed by atoms with van der Waals surface area (Å²) in [7, 11) is -4.19. The van der Waals surface area contributed by atoms with Crippen LogP contribution < -0.4 is 0 Å². The van der Waals surface area contributed by atoms with Crippen LogP contribution in [-0.2, 0) is 27.4 Å². The molecule has 3 rings (SSSR count). The maximum Gasteiger partial charge on any atom is 0.416 e. The minimum atomic E-state index is -4.46. The second kappa shape index (κ2) is 8.31. The van der Waals surface area contributed by atoms with Gasteiger partial charge in [0.25, 0.3) is 0 Å². The van der Waals surface area contributed by atoms with Gasteiger partial charge >= 0.3 is 6.18 Å². The molecule has 0 unspecified atom stereocenters. The Labute approximate surface area is 169 Å². The molecule has 162 valence electrons. The molecule has 0 saturated carbocycles. The highest BCUT2D eigenvalue weighted by Crippen LogP contribution is 2.29. The minimum absolute atomic E-state index is 0.0432. The molecule has 2 aromatic rings. The SMILES string of the molecule is O=C(Cc1ccc(C(F)(F)F)cc1)N1CCN(S(=O)(=O)c2ccc(F)cc2F)CC1. The normalized spacial score (nSPS) is 16.0. The summed E-state index contributed by atoms with van der Waals surface area (Å²) < 4.78 is 90.8. The molecule has 0 N–H and O–H groups in total. The van der Waals surface area contributed by atoms with Crippen LogP contribution in [0.4, 0.5) is 22.0 Å². The number of piperazine rings is 1. The third-order valence-corrected chi connectivity index (χ3v) is 6.67. The highest BCUT2D eigenvalue weighted by atomic mass is 32.2. The van der Waals surface area contributed by atoms with Gasteiger partial charge in [0.15, 0.2) is 0 Å². The molecule has 1 heterocycles. The standard InChI is InChI=1S/C19H17F5N2O3S/c20-15-5-6-17(16(21)12-15)30(28,29)26-9-7-25(8-10-26)18(27)11-13-1-3-14(4-2-13)19(22,23)24/h1-6,12H,7-11H2. The summed E-state index contributed by atoms with van der Waals surface area (Å²) in [5, 5.41) is 0. The molecule has 5 nitrogen and oxygen atoms in total. The highest BCUT2D eigenvalue weighted by molar-refractivity contribution is 7.89. The van der Waals surface area contributed by atoms with Crippen molar-refractivity contribution in [2.75, 3.05) is 26.2 Å². The van der Waals surface area contributed by atoms with Crippen LogP contribution in [0.3, 0.4) is 0 Å². The molecule has 0 radical (unpaired) electrons. The molecule has 1 fully saturated rings. The Bertz CT molecular complexity index is 1030. The predicted octanol–water partition coefficient (Wildman–Crippen LogP) is 3.06. The third-order valence-electron chi connectivity index (χ3n) is 4.74. The number of halogens is 5. The van der Waals surface area contributed by atoms with Crippen molar-refractivity contribution in [2.45, 2.75) is 17.5 Å². The lowest BCUT2D eigenvalue weighted by Crippen LogP contribution is -2.51. The third kappa shape index (κ3) is 4.78. The smallest absolute Gasteiger partial charge is 0.340 e. The molecule has 0 bridgehead atoms. The van der Waals surface area contributed by atoms with E-state index >= 15 is 0 Å². The lowest BCUT2D eigenvalue weighted by Gasteiger charge is -2.34. The van der Waals surface area contributed by atoms with Crippen LogP contribution in [0.2, 0.25) is 0 Å². The lowest BCUT2D eigenvalue weighted by atomic mass is 10.1. The van der Waals surface area contributed by atoms with Crippen LogP contribution in [0, 0.1) is 11.6 Å². The van der Waals surface area contributed by atoms with Crippen molar-refractivity contribution in [1.29, 1.82) is 0 Å². The number of benzene rings is 2. The molecule has 0 aromatic heterocycles. The fourth-order valence-corrected chi connectivity index (χ4v) is 4.57. The van der Waals surface area contributed by atoms with E-state index in [2.05, 4.69) is 0 Å². The maximum absolute atomic E-state index is 13.9. The monoisotopic (exact) mass is 448 g/mol. The number of amides is 1. The molecule has 11 heteroatoms. The Morgan fingerprint density at radius 3 is 2.07 bits per heavy atom. The van der Waals surface area contributed by atoms with Gasteiger partial charge in [0, 0.05) is 32.2 Å². The van der Waals surface area contributed by atoms with Gasteiger partial charge in [-0.15, -0.1) is 0 Å². The van der Waals surface area contributed by atoms with E-state index in [9.17, 15) is 35.2 Å². The van der Waals surface area contributed by atoms with Crippen LogP contribution in [0.15, 0.2) is 47.4 Å². The number of carbonyl (C=O) groups excluding carboxylic acids is 1. The van der Waals surface area contributed by atoms with Gasteiger partial charge in [0.1, 0.15) is 16.5 Å². The van der Waals surface area contributed by atoms with Gasteiger partial charge in [-0.2, -0.15) is 17.5 Å². The van der Waals surface area contributed by atoms with Gasteiger partial charge < -0.3 is 4.90 Å². The van der Waals surface area contributed by atoms with Gasteiger partial charge in [0.2, 0.25) is 15.9 Å². The molecule has 2 aromatic carbocycles. The molecule has 0 aliphatic carbocycles. The summed E-state index contributed by atoms with van der Waals surface area (Å²) in [5.74, 6) is -2.46. The first kappa shape index (κ1) is 22.2. The van der Waals surface area contributed by atoms with Crippen LogP contribution in [-0.4, -0.2) is 49.7 Å². The van der Waals surface area contributed by atoms with Gasteiger partial charge in [0.05, 0.1) is 12.0 Å². The summed E-state index contributed by atoms with van der Waals surface area (Å²) in [6.45, 7) is -0.0845. The number of nitrogens with zero attached hydrogens (tertiary/aromatic N) is 2. The first-order valence-corrected chi connectivity index (χ1v) is 10.3. The van der Waals surface area contributed by atoms with Crippen molar-refractivity contribution in [2.24, 2.45) is 0 Å². The average molecular weight is 448 g/mol. The number of carbonyl (C=O) groups is 1. The predicted molar refractivity (Wildman–Crippen MR) is 96.8 cm³/mol. The lowest BCUT2D eigenvalue weighted by molar-refractivity contribution is -0.137. The molecule has 1 aliphatic heterocycles. The number of sulfonamides is 1. The maximum atomic E-state index is 13.9. The van der Waals surface area contributed by atoms with Crippen molar-refractivity contribution in [3.8, 4) is 0 Å². The molecular formula is C19H17F5N2O3S. The van der Waals surface area contributed by atoms with E-state index in [1.807, 2.05) is 0 Å². The largest absolute Gasteiger partial charge is 0.416 e. The summed E-state index contributed by atoms with van der Waals surface area (Å²) in [4.78, 5) is 13.1. The Hall–Kier alpha value is -2.53. The van der Waals surface area contributed by atoms with E-state index < -0.39 is 38.3 Å². The van der Waals surface area contributed by atoms with E-state index in [0.29, 0.717) is 11.6 Å². The van der Waals surface area contributed by atoms with E-state index in [4.69, 9.17) is 0 Å². The first-order chi connectivity index (χ1) is 14.0. The molecule has 1 saturated heterocycles. The van der Waals surface area contributed by atoms with Crippen LogP contribution >= 0.6 is 0 Å². The quantitative estimate of drug-likeness (QED) is 0.676. The van der Waals surface area contributed by atoms with E-state index in [1.165, 1.54) is 17.0 Å². The van der Waals surface area contributed by atoms with Crippen molar-refractivity contribution in [1.82, 2.24) is 9.21 Å². The topological polar surface area (TPSA) is 57.7 Å². The number of rotatable bonds is 4. The molecule has 1 aliphatic rings. The number of hydrogen-bond donors (Lipinski definition) is 0. The van der Waals surface area contributed by atoms with Crippen molar-refractivity contribution in [3.63, 3.8) is 0 Å². The van der Waals surface area contributed by atoms with Crippen LogP contribution in [0.5, 0.6) is 0 Å². The average Bonchev–Trinajstić information content (AvgIpc) is 2.67. The Morgan fingerprint density at radius 2 is 1.53 bits per heavy atom. The Kier molecular flexibility index (Phi) is 6.14. The fourth-order valence-electron chi connectivity index (χ4n) is 3.10. The highest BCUT2D eigenvalue weighted by Gasteiger charge is 2.32. The van der Waals surface area contributed by atoms with Gasteiger partial charge in [-0.3, -0.25) is 4.79 Å². The zero-order chi connectivity index (χ0) is 22.1. The van der Waals surface area contributed by atoms with E-state index in [0.717, 1.165) is 28.6 Å². The van der Waals surface area contributed by atoms with Crippen molar-refractivity contribution < 1.29 is 35.2 Å². The molecule has 0 spiro atoms. The van der Waals surface area contributed by atoms with Crippen LogP contribution in [0.25, 0.3) is 0 Å². The zero-order valence-corrected chi connectivity index (χ0v) is 16.3. The number of alkyl halides is 3. The van der Waals surface area contributed by atoms with E-state index in [-0.39, 0.29) is 38.5 Å². The van der Waals surface area contributed by atoms with Gasteiger partial charge in [-0.05, 0) is 29.8 Å². The number of hydrogen-bond acceptors (Lipinski definition) is 3. The first-order valence-electron chi connectivity index (χ1n) is 8.87. The Balaban J connectivity index is 1.61. The summed E-state index contributed by atoms with van der Waals surface area (Å²) in [6, 6.07) is 6.41. The second-order valence-corrected chi connectivity index (χ2v) is 8.64. The summed E-state index contributed by atoms with van der Waals surface area (Å²) >= 11 is 0. The Morgan fingerprint density at radius 1 is 0.933 bits per heavy atom. The van der Waals surface area contributed by atoms with Gasteiger partial charge in [-0.25, -0.2) is 17.2 Å². The van der Waals surface area contributed by atoms with E-state index in [1.54, 1.807) is 0 Å². The zero-order valence-electron chi connectivity index (χ0n) is 15.5. The molecular weight excluding hydrogens is 431 g/mol. The van der Waals surface area contributed by atoms with Crippen molar-refractivity contribution >= 4 is 15.9 Å². The fraction of sp³-hybridized carbons (Fsp3) is 0.316.